The zero-order valence-corrected chi connectivity index (χ0v) is 17.7. The molecule has 2 fully saturated rings. The first kappa shape index (κ1) is 19.0. The van der Waals surface area contributed by atoms with E-state index in [1.165, 1.54) is 29.5 Å². The van der Waals surface area contributed by atoms with E-state index in [9.17, 15) is 0 Å². The van der Waals surface area contributed by atoms with Gasteiger partial charge >= 0.3 is 0 Å². The normalized spacial score (nSPS) is 17.2. The molecular formula is C25H23Cl2NO. The van der Waals surface area contributed by atoms with E-state index in [4.69, 9.17) is 27.9 Å². The second-order valence-electron chi connectivity index (χ2n) is 8.25. The SMILES string of the molecule is Clc1ccc(Cl)c(CCC2(c3cnccc3-c3ccccc3OC3CC3)CC2)c1. The fraction of sp³-hybridized carbons (Fsp3) is 0.320. The van der Waals surface area contributed by atoms with Crippen molar-refractivity contribution in [2.75, 3.05) is 0 Å². The lowest BCUT2D eigenvalue weighted by Crippen LogP contribution is -2.11. The zero-order chi connectivity index (χ0) is 19.8. The third-order valence-corrected chi connectivity index (χ3v) is 6.73. The first-order chi connectivity index (χ1) is 14.1. The number of hydrogen-bond acceptors (Lipinski definition) is 2. The summed E-state index contributed by atoms with van der Waals surface area (Å²) in [5, 5.41) is 1.53. The van der Waals surface area contributed by atoms with Crippen molar-refractivity contribution in [3.05, 3.63) is 82.1 Å². The molecule has 0 aliphatic heterocycles. The zero-order valence-electron chi connectivity index (χ0n) is 16.2. The molecule has 0 saturated heterocycles. The number of benzene rings is 2. The van der Waals surface area contributed by atoms with Crippen LogP contribution in [0.1, 0.15) is 43.2 Å². The number of aryl methyl sites for hydroxylation is 1. The highest BCUT2D eigenvalue weighted by Crippen LogP contribution is 2.55. The highest BCUT2D eigenvalue weighted by molar-refractivity contribution is 6.33. The molecule has 2 nitrogen and oxygen atoms in total. The molecule has 4 heteroatoms. The molecule has 148 valence electrons. The van der Waals surface area contributed by atoms with Crippen LogP contribution in [0.4, 0.5) is 0 Å². The molecule has 0 atom stereocenters. The van der Waals surface area contributed by atoms with E-state index in [-0.39, 0.29) is 5.41 Å². The minimum absolute atomic E-state index is 0.155. The molecule has 2 aliphatic carbocycles. The number of para-hydroxylation sites is 1. The first-order valence-electron chi connectivity index (χ1n) is 10.3. The molecule has 1 aromatic heterocycles. The van der Waals surface area contributed by atoms with Crippen LogP contribution in [-0.4, -0.2) is 11.1 Å². The average molecular weight is 424 g/mol. The quantitative estimate of drug-likeness (QED) is 0.398. The molecule has 3 aromatic rings. The Balaban J connectivity index is 1.46. The third-order valence-electron chi connectivity index (χ3n) is 6.12. The van der Waals surface area contributed by atoms with Gasteiger partial charge in [-0.1, -0.05) is 41.4 Å². The van der Waals surface area contributed by atoms with Gasteiger partial charge in [-0.15, -0.1) is 0 Å². The Bertz CT molecular complexity index is 1040. The van der Waals surface area contributed by atoms with Gasteiger partial charge < -0.3 is 4.74 Å². The standard InChI is InChI=1S/C25H23Cl2NO/c26-18-5-8-23(27)17(15-18)9-11-25(12-13-25)22-16-28-14-10-20(22)21-3-1-2-4-24(21)29-19-6-7-19/h1-5,8,10,14-16,19H,6-7,9,11-13H2. The van der Waals surface area contributed by atoms with Crippen molar-refractivity contribution in [1.82, 2.24) is 4.98 Å². The second kappa shape index (κ2) is 7.66. The Labute approximate surface area is 181 Å². The molecule has 29 heavy (non-hydrogen) atoms. The van der Waals surface area contributed by atoms with Crippen molar-refractivity contribution in [3.8, 4) is 16.9 Å². The Morgan fingerprint density at radius 3 is 2.62 bits per heavy atom. The molecule has 2 aromatic carbocycles. The predicted octanol–water partition coefficient (Wildman–Crippen LogP) is 7.26. The van der Waals surface area contributed by atoms with Gasteiger partial charge in [0.15, 0.2) is 0 Å². The van der Waals surface area contributed by atoms with Gasteiger partial charge in [0, 0.05) is 28.0 Å². The Hall–Kier alpha value is -2.03. The van der Waals surface area contributed by atoms with Crippen molar-refractivity contribution in [3.63, 3.8) is 0 Å². The van der Waals surface area contributed by atoms with E-state index in [0.29, 0.717) is 6.10 Å². The molecule has 0 radical (unpaired) electrons. The molecule has 2 aliphatic rings. The van der Waals surface area contributed by atoms with Crippen molar-refractivity contribution in [2.45, 2.75) is 50.0 Å². The molecule has 0 bridgehead atoms. The van der Waals surface area contributed by atoms with Crippen LogP contribution in [0, 0.1) is 0 Å². The molecule has 0 unspecified atom stereocenters. The van der Waals surface area contributed by atoms with Crippen LogP contribution < -0.4 is 4.74 Å². The number of pyridine rings is 1. The van der Waals surface area contributed by atoms with Gasteiger partial charge in [0.05, 0.1) is 6.10 Å². The number of halogens is 2. The number of rotatable bonds is 7. The minimum atomic E-state index is 0.155. The predicted molar refractivity (Wildman–Crippen MR) is 119 cm³/mol. The smallest absolute Gasteiger partial charge is 0.127 e. The Kier molecular flexibility index (Phi) is 5.01. The van der Waals surface area contributed by atoms with Crippen LogP contribution in [0.5, 0.6) is 5.75 Å². The Morgan fingerprint density at radius 1 is 1.00 bits per heavy atom. The molecular weight excluding hydrogens is 401 g/mol. The van der Waals surface area contributed by atoms with E-state index in [0.717, 1.165) is 47.0 Å². The number of nitrogens with zero attached hydrogens (tertiary/aromatic N) is 1. The number of ether oxygens (including phenoxy) is 1. The highest BCUT2D eigenvalue weighted by Gasteiger charge is 2.45. The summed E-state index contributed by atoms with van der Waals surface area (Å²) in [5.41, 5.74) is 5.01. The lowest BCUT2D eigenvalue weighted by atomic mass is 9.85. The number of hydrogen-bond donors (Lipinski definition) is 0. The lowest BCUT2D eigenvalue weighted by Gasteiger charge is -2.21. The van der Waals surface area contributed by atoms with Gasteiger partial charge in [0.2, 0.25) is 0 Å². The largest absolute Gasteiger partial charge is 0.490 e. The van der Waals surface area contributed by atoms with Gasteiger partial charge in [-0.25, -0.2) is 0 Å². The fourth-order valence-electron chi connectivity index (χ4n) is 4.12. The van der Waals surface area contributed by atoms with Crippen molar-refractivity contribution in [1.29, 1.82) is 0 Å². The summed E-state index contributed by atoms with van der Waals surface area (Å²) in [6.07, 6.45) is 10.9. The summed E-state index contributed by atoms with van der Waals surface area (Å²) in [6.45, 7) is 0. The summed E-state index contributed by atoms with van der Waals surface area (Å²) in [7, 11) is 0. The molecule has 1 heterocycles. The van der Waals surface area contributed by atoms with Crippen molar-refractivity contribution >= 4 is 23.2 Å². The van der Waals surface area contributed by atoms with Crippen LogP contribution in [0.2, 0.25) is 10.0 Å². The maximum absolute atomic E-state index is 6.41. The van der Waals surface area contributed by atoms with Gasteiger partial charge in [0.1, 0.15) is 5.75 Å². The topological polar surface area (TPSA) is 22.1 Å². The van der Waals surface area contributed by atoms with E-state index in [1.54, 1.807) is 0 Å². The minimum Gasteiger partial charge on any atom is -0.490 e. The molecule has 2 saturated carbocycles. The van der Waals surface area contributed by atoms with Crippen LogP contribution >= 0.6 is 23.2 Å². The van der Waals surface area contributed by atoms with E-state index in [2.05, 4.69) is 41.5 Å². The molecule has 0 spiro atoms. The molecule has 5 rings (SSSR count). The van der Waals surface area contributed by atoms with Crippen LogP contribution in [0.3, 0.4) is 0 Å². The molecule has 0 amide bonds. The summed E-state index contributed by atoms with van der Waals surface area (Å²) in [6, 6.07) is 16.3. The summed E-state index contributed by atoms with van der Waals surface area (Å²) < 4.78 is 6.20. The van der Waals surface area contributed by atoms with Gasteiger partial charge in [0.25, 0.3) is 0 Å². The lowest BCUT2D eigenvalue weighted by molar-refractivity contribution is 0.304. The summed E-state index contributed by atoms with van der Waals surface area (Å²) >= 11 is 12.6. The van der Waals surface area contributed by atoms with Crippen LogP contribution in [0.25, 0.3) is 11.1 Å². The van der Waals surface area contributed by atoms with E-state index < -0.39 is 0 Å². The first-order valence-corrected chi connectivity index (χ1v) is 11.0. The van der Waals surface area contributed by atoms with Gasteiger partial charge in [-0.2, -0.15) is 0 Å². The third kappa shape index (κ3) is 4.01. The van der Waals surface area contributed by atoms with E-state index in [1.807, 2.05) is 24.4 Å². The van der Waals surface area contributed by atoms with Gasteiger partial charge in [-0.3, -0.25) is 4.98 Å². The summed E-state index contributed by atoms with van der Waals surface area (Å²) in [5.74, 6) is 0.983. The number of aromatic nitrogens is 1. The second-order valence-corrected chi connectivity index (χ2v) is 9.09. The Morgan fingerprint density at radius 2 is 1.83 bits per heavy atom. The monoisotopic (exact) mass is 423 g/mol. The highest BCUT2D eigenvalue weighted by atomic mass is 35.5. The van der Waals surface area contributed by atoms with Crippen molar-refractivity contribution in [2.24, 2.45) is 0 Å². The van der Waals surface area contributed by atoms with Gasteiger partial charge in [-0.05, 0) is 91.0 Å². The molecule has 0 N–H and O–H groups in total. The van der Waals surface area contributed by atoms with Crippen LogP contribution in [0.15, 0.2) is 60.9 Å². The maximum atomic E-state index is 6.41. The van der Waals surface area contributed by atoms with E-state index >= 15 is 0 Å². The van der Waals surface area contributed by atoms with Crippen LogP contribution in [-0.2, 0) is 11.8 Å². The van der Waals surface area contributed by atoms with Crippen molar-refractivity contribution < 1.29 is 4.74 Å². The maximum Gasteiger partial charge on any atom is 0.127 e. The summed E-state index contributed by atoms with van der Waals surface area (Å²) in [4.78, 5) is 4.48. The fourth-order valence-corrected chi connectivity index (χ4v) is 4.53. The average Bonchev–Trinajstić information content (AvgIpc) is 3.66.